The Labute approximate surface area is 191 Å². The van der Waals surface area contributed by atoms with Crippen LogP contribution in [-0.2, 0) is 6.18 Å². The van der Waals surface area contributed by atoms with Gasteiger partial charge in [0.15, 0.2) is 0 Å². The molecule has 0 saturated heterocycles. The summed E-state index contributed by atoms with van der Waals surface area (Å²) in [4.78, 5) is 16.3. The third kappa shape index (κ3) is 4.73. The smallest absolute Gasteiger partial charge is 0.308 e. The number of nitriles is 1. The first-order chi connectivity index (χ1) is 15.8. The highest BCUT2D eigenvalue weighted by atomic mass is 35.5. The monoisotopic (exact) mass is 466 g/mol. The highest BCUT2D eigenvalue weighted by Crippen LogP contribution is 2.36. The van der Waals surface area contributed by atoms with Crippen molar-refractivity contribution in [1.29, 1.82) is 5.26 Å². The molecule has 2 N–H and O–H groups in total. The number of hydrogen-bond donors (Lipinski definition) is 2. The number of amides is 2. The zero-order valence-corrected chi connectivity index (χ0v) is 17.5. The van der Waals surface area contributed by atoms with Crippen molar-refractivity contribution in [2.24, 2.45) is 0 Å². The zero-order chi connectivity index (χ0) is 23.6. The number of carbonyl (C=O) groups is 1. The van der Waals surface area contributed by atoms with Gasteiger partial charge < -0.3 is 10.6 Å². The van der Waals surface area contributed by atoms with Crippen LogP contribution >= 0.6 is 11.6 Å². The number of hydrogen-bond acceptors (Lipinski definition) is 3. The molecule has 0 unspecified atom stereocenters. The van der Waals surface area contributed by atoms with Crippen molar-refractivity contribution in [2.75, 3.05) is 10.6 Å². The molecular formula is C24H14ClF3N4O. The van der Waals surface area contributed by atoms with Crippen LogP contribution in [-0.4, -0.2) is 11.0 Å². The fourth-order valence-electron chi connectivity index (χ4n) is 3.39. The lowest BCUT2D eigenvalue weighted by atomic mass is 9.98. The number of urea groups is 1. The summed E-state index contributed by atoms with van der Waals surface area (Å²) in [6, 6.07) is 18.8. The Kier molecular flexibility index (Phi) is 5.90. The molecule has 0 aliphatic carbocycles. The van der Waals surface area contributed by atoms with E-state index >= 15 is 0 Å². The molecule has 0 fully saturated rings. The van der Waals surface area contributed by atoms with Crippen LogP contribution in [0.5, 0.6) is 0 Å². The van der Waals surface area contributed by atoms with Crippen molar-refractivity contribution in [1.82, 2.24) is 4.98 Å². The van der Waals surface area contributed by atoms with E-state index in [1.807, 2.05) is 24.3 Å². The van der Waals surface area contributed by atoms with Gasteiger partial charge in [-0.1, -0.05) is 41.9 Å². The highest BCUT2D eigenvalue weighted by molar-refractivity contribution is 6.31. The molecule has 164 valence electrons. The first-order valence-electron chi connectivity index (χ1n) is 9.59. The van der Waals surface area contributed by atoms with E-state index in [4.69, 9.17) is 11.6 Å². The number of anilines is 2. The molecule has 3 aromatic carbocycles. The number of nitrogens with one attached hydrogen (secondary N) is 2. The largest absolute Gasteiger partial charge is 0.417 e. The average molecular weight is 467 g/mol. The summed E-state index contributed by atoms with van der Waals surface area (Å²) in [5.74, 6) is 0. The van der Waals surface area contributed by atoms with Crippen molar-refractivity contribution in [3.05, 3.63) is 89.2 Å². The van der Waals surface area contributed by atoms with Gasteiger partial charge in [0, 0.05) is 23.0 Å². The Morgan fingerprint density at radius 1 is 0.939 bits per heavy atom. The Morgan fingerprint density at radius 2 is 1.64 bits per heavy atom. The third-order valence-corrected chi connectivity index (χ3v) is 5.22. The molecule has 0 radical (unpaired) electrons. The van der Waals surface area contributed by atoms with Gasteiger partial charge >= 0.3 is 12.2 Å². The maximum Gasteiger partial charge on any atom is 0.417 e. The van der Waals surface area contributed by atoms with Gasteiger partial charge in [-0.15, -0.1) is 0 Å². The molecular weight excluding hydrogens is 453 g/mol. The van der Waals surface area contributed by atoms with E-state index in [1.54, 1.807) is 30.5 Å². The number of halogens is 4. The van der Waals surface area contributed by atoms with Crippen LogP contribution in [0.1, 0.15) is 11.3 Å². The Hall–Kier alpha value is -4.09. The lowest BCUT2D eigenvalue weighted by Gasteiger charge is -2.13. The number of benzene rings is 3. The number of alkyl halides is 3. The van der Waals surface area contributed by atoms with Crippen molar-refractivity contribution in [2.45, 2.75) is 6.18 Å². The Morgan fingerprint density at radius 3 is 2.33 bits per heavy atom. The lowest BCUT2D eigenvalue weighted by molar-refractivity contribution is -0.137. The summed E-state index contributed by atoms with van der Waals surface area (Å²) in [5.41, 5.74) is 1.45. The minimum Gasteiger partial charge on any atom is -0.308 e. The van der Waals surface area contributed by atoms with E-state index < -0.39 is 22.8 Å². The van der Waals surface area contributed by atoms with Gasteiger partial charge in [-0.3, -0.25) is 0 Å². The topological polar surface area (TPSA) is 77.8 Å². The summed E-state index contributed by atoms with van der Waals surface area (Å²) >= 11 is 5.60. The molecule has 5 nitrogen and oxygen atoms in total. The predicted molar refractivity (Wildman–Crippen MR) is 121 cm³/mol. The normalized spacial score (nSPS) is 11.1. The van der Waals surface area contributed by atoms with E-state index in [0.29, 0.717) is 11.4 Å². The molecule has 2 amide bonds. The van der Waals surface area contributed by atoms with E-state index in [9.17, 15) is 23.2 Å². The molecule has 0 aliphatic rings. The van der Waals surface area contributed by atoms with E-state index in [1.165, 1.54) is 6.07 Å². The SMILES string of the molecule is N#Cc1nccc2c(-c3ccc(NC(=O)Nc4ccc(Cl)c(C(F)(F)F)c4)cc3)cccc12. The first kappa shape index (κ1) is 22.1. The highest BCUT2D eigenvalue weighted by Gasteiger charge is 2.33. The number of pyridine rings is 1. The van der Waals surface area contributed by atoms with Gasteiger partial charge in [-0.05, 0) is 52.9 Å². The van der Waals surface area contributed by atoms with Crippen LogP contribution in [0.25, 0.3) is 21.9 Å². The van der Waals surface area contributed by atoms with E-state index in [0.717, 1.165) is 34.0 Å². The number of rotatable bonds is 3. The van der Waals surface area contributed by atoms with Gasteiger partial charge in [0.2, 0.25) is 0 Å². The summed E-state index contributed by atoms with van der Waals surface area (Å²) in [6.07, 6.45) is -3.06. The van der Waals surface area contributed by atoms with Gasteiger partial charge in [0.25, 0.3) is 0 Å². The number of aromatic nitrogens is 1. The first-order valence-corrected chi connectivity index (χ1v) is 9.97. The van der Waals surface area contributed by atoms with Crippen LogP contribution in [0.4, 0.5) is 29.3 Å². The number of nitrogens with zero attached hydrogens (tertiary/aromatic N) is 2. The predicted octanol–water partition coefficient (Wildman–Crippen LogP) is 7.09. The van der Waals surface area contributed by atoms with Crippen molar-refractivity contribution in [3.8, 4) is 17.2 Å². The Bertz CT molecular complexity index is 1400. The van der Waals surface area contributed by atoms with Crippen LogP contribution < -0.4 is 10.6 Å². The number of carbonyl (C=O) groups excluding carboxylic acids is 1. The molecule has 1 heterocycles. The second-order valence-corrected chi connectivity index (χ2v) is 7.43. The molecule has 0 spiro atoms. The fraction of sp³-hybridized carbons (Fsp3) is 0.0417. The summed E-state index contributed by atoms with van der Waals surface area (Å²) in [6.45, 7) is 0. The molecule has 0 aliphatic heterocycles. The van der Waals surface area contributed by atoms with Crippen LogP contribution in [0.3, 0.4) is 0 Å². The van der Waals surface area contributed by atoms with Crippen molar-refractivity contribution < 1.29 is 18.0 Å². The molecule has 33 heavy (non-hydrogen) atoms. The van der Waals surface area contributed by atoms with Crippen LogP contribution in [0.15, 0.2) is 72.9 Å². The average Bonchev–Trinajstić information content (AvgIpc) is 2.79. The lowest BCUT2D eigenvalue weighted by Crippen LogP contribution is -2.19. The van der Waals surface area contributed by atoms with E-state index in [-0.39, 0.29) is 5.69 Å². The van der Waals surface area contributed by atoms with Crippen molar-refractivity contribution in [3.63, 3.8) is 0 Å². The van der Waals surface area contributed by atoms with Crippen molar-refractivity contribution >= 4 is 39.8 Å². The van der Waals surface area contributed by atoms with Gasteiger partial charge in [-0.25, -0.2) is 9.78 Å². The number of fused-ring (bicyclic) bond motifs is 1. The van der Waals surface area contributed by atoms with Gasteiger partial charge in [0.1, 0.15) is 11.8 Å². The standard InChI is InChI=1S/C24H14ClF3N4O/c25-21-9-8-16(12-20(21)24(26,27)28)32-23(33)31-15-6-4-14(5-7-15)17-2-1-3-19-18(17)10-11-30-22(19)13-29/h1-12H,(H2,31,32,33). The minimum absolute atomic E-state index is 0.0430. The fourth-order valence-corrected chi connectivity index (χ4v) is 3.62. The quantitative estimate of drug-likeness (QED) is 0.338. The third-order valence-electron chi connectivity index (χ3n) is 4.90. The molecule has 0 atom stereocenters. The minimum atomic E-state index is -4.63. The molecule has 0 bridgehead atoms. The molecule has 9 heteroatoms. The second kappa shape index (κ2) is 8.81. The zero-order valence-electron chi connectivity index (χ0n) is 16.7. The van der Waals surface area contributed by atoms with Gasteiger partial charge in [0.05, 0.1) is 10.6 Å². The molecule has 1 aromatic heterocycles. The molecule has 4 aromatic rings. The van der Waals surface area contributed by atoms with Crippen LogP contribution in [0.2, 0.25) is 5.02 Å². The van der Waals surface area contributed by atoms with Crippen LogP contribution in [0, 0.1) is 11.3 Å². The molecule has 4 rings (SSSR count). The summed E-state index contributed by atoms with van der Waals surface area (Å²) in [5, 5.41) is 15.4. The van der Waals surface area contributed by atoms with E-state index in [2.05, 4.69) is 21.7 Å². The van der Waals surface area contributed by atoms with Gasteiger partial charge in [-0.2, -0.15) is 18.4 Å². The Balaban J connectivity index is 1.52. The second-order valence-electron chi connectivity index (χ2n) is 7.02. The summed E-state index contributed by atoms with van der Waals surface area (Å²) in [7, 11) is 0. The maximum absolute atomic E-state index is 13.0. The maximum atomic E-state index is 13.0. The molecule has 0 saturated carbocycles. The summed E-state index contributed by atoms with van der Waals surface area (Å²) < 4.78 is 39.0.